The molecule has 0 atom stereocenters. The Hall–Kier alpha value is -1.52. The summed E-state index contributed by atoms with van der Waals surface area (Å²) < 4.78 is 4.99. The zero-order valence-electron chi connectivity index (χ0n) is 10.8. The van der Waals surface area contributed by atoms with Gasteiger partial charge in [-0.1, -0.05) is 5.16 Å². The van der Waals surface area contributed by atoms with Crippen LogP contribution in [0.15, 0.2) is 4.52 Å². The van der Waals surface area contributed by atoms with Gasteiger partial charge >= 0.3 is 5.97 Å². The predicted octanol–water partition coefficient (Wildman–Crippen LogP) is 2.42. The first-order valence-electron chi connectivity index (χ1n) is 7.06. The lowest BCUT2D eigenvalue weighted by Crippen LogP contribution is -2.49. The summed E-state index contributed by atoms with van der Waals surface area (Å²) >= 11 is 0. The first kappa shape index (κ1) is 11.3. The fourth-order valence-electron chi connectivity index (χ4n) is 5.27. The third-order valence-corrected chi connectivity index (χ3v) is 5.47. The van der Waals surface area contributed by atoms with Crippen LogP contribution in [0.1, 0.15) is 54.6 Å². The zero-order chi connectivity index (χ0) is 13.2. The van der Waals surface area contributed by atoms with Crippen molar-refractivity contribution in [1.82, 2.24) is 5.16 Å². The molecule has 0 unspecified atom stereocenters. The Morgan fingerprint density at radius 1 is 1.21 bits per heavy atom. The third-order valence-electron chi connectivity index (χ3n) is 5.47. The highest BCUT2D eigenvalue weighted by atomic mass is 16.5. The van der Waals surface area contributed by atoms with Crippen molar-refractivity contribution in [2.24, 2.45) is 17.8 Å². The molecular weight excluding hydrogens is 244 g/mol. The standard InChI is InChI=1S/C14H18N2O3/c15-12-10(13(17)18)11(16-19-12)14-4-7-1-8(5-14)3-9(2-7)6-14/h7-9H,1-6,15H2,(H,17,18). The smallest absolute Gasteiger partial charge is 0.343 e. The second-order valence-corrected chi connectivity index (χ2v) is 6.77. The van der Waals surface area contributed by atoms with Crippen molar-refractivity contribution >= 4 is 11.9 Å². The molecule has 5 heteroatoms. The van der Waals surface area contributed by atoms with Gasteiger partial charge in [0, 0.05) is 5.41 Å². The Bertz CT molecular complexity index is 514. The van der Waals surface area contributed by atoms with Crippen molar-refractivity contribution < 1.29 is 14.4 Å². The van der Waals surface area contributed by atoms with Gasteiger partial charge in [0.15, 0.2) is 0 Å². The molecule has 4 fully saturated rings. The maximum atomic E-state index is 11.4. The number of carboxylic acids is 1. The van der Waals surface area contributed by atoms with E-state index in [0.29, 0.717) is 5.69 Å². The minimum Gasteiger partial charge on any atom is -0.477 e. The summed E-state index contributed by atoms with van der Waals surface area (Å²) in [5.41, 5.74) is 6.31. The summed E-state index contributed by atoms with van der Waals surface area (Å²) in [6.07, 6.45) is 7.13. The van der Waals surface area contributed by atoms with Crippen LogP contribution in [0.4, 0.5) is 5.88 Å². The number of anilines is 1. The Morgan fingerprint density at radius 2 is 1.74 bits per heavy atom. The van der Waals surface area contributed by atoms with Crippen molar-refractivity contribution in [2.75, 3.05) is 5.73 Å². The Labute approximate surface area is 111 Å². The molecule has 102 valence electrons. The number of nitrogens with zero attached hydrogens (tertiary/aromatic N) is 1. The summed E-state index contributed by atoms with van der Waals surface area (Å²) in [5.74, 6) is 1.17. The van der Waals surface area contributed by atoms with Gasteiger partial charge in [-0.05, 0) is 56.3 Å². The molecule has 3 N–H and O–H groups in total. The average Bonchev–Trinajstić information content (AvgIpc) is 2.70. The molecule has 1 aromatic rings. The Morgan fingerprint density at radius 3 is 2.21 bits per heavy atom. The largest absolute Gasteiger partial charge is 0.477 e. The lowest BCUT2D eigenvalue weighted by atomic mass is 9.48. The van der Waals surface area contributed by atoms with Crippen LogP contribution in [0.5, 0.6) is 0 Å². The summed E-state index contributed by atoms with van der Waals surface area (Å²) in [5, 5.41) is 13.4. The van der Waals surface area contributed by atoms with E-state index < -0.39 is 5.97 Å². The van der Waals surface area contributed by atoms with Crippen LogP contribution in [-0.2, 0) is 5.41 Å². The Kier molecular flexibility index (Phi) is 2.10. The lowest BCUT2D eigenvalue weighted by Gasteiger charge is -2.56. The minimum absolute atomic E-state index is 0.0433. The van der Waals surface area contributed by atoms with Crippen molar-refractivity contribution in [3.05, 3.63) is 11.3 Å². The van der Waals surface area contributed by atoms with Gasteiger partial charge in [-0.3, -0.25) is 0 Å². The average molecular weight is 262 g/mol. The first-order chi connectivity index (χ1) is 9.07. The molecule has 0 radical (unpaired) electrons. The number of aromatic nitrogens is 1. The normalized spacial score (nSPS) is 39.7. The van der Waals surface area contributed by atoms with E-state index in [1.807, 2.05) is 0 Å². The second-order valence-electron chi connectivity index (χ2n) is 6.77. The van der Waals surface area contributed by atoms with Crippen LogP contribution in [0, 0.1) is 17.8 Å². The molecule has 0 amide bonds. The molecule has 1 aromatic heterocycles. The van der Waals surface area contributed by atoms with E-state index in [1.54, 1.807) is 0 Å². The summed E-state index contributed by atoms with van der Waals surface area (Å²) in [6.45, 7) is 0. The van der Waals surface area contributed by atoms with Crippen molar-refractivity contribution in [1.29, 1.82) is 0 Å². The van der Waals surface area contributed by atoms with Crippen molar-refractivity contribution in [2.45, 2.75) is 43.9 Å². The van der Waals surface area contributed by atoms with Crippen LogP contribution in [0.25, 0.3) is 0 Å². The van der Waals surface area contributed by atoms with Crippen LogP contribution < -0.4 is 5.73 Å². The molecule has 19 heavy (non-hydrogen) atoms. The number of nitrogens with two attached hydrogens (primary N) is 1. The number of hydrogen-bond donors (Lipinski definition) is 2. The highest BCUT2D eigenvalue weighted by Gasteiger charge is 2.54. The number of hydrogen-bond acceptors (Lipinski definition) is 4. The van der Waals surface area contributed by atoms with Crippen LogP contribution in [0.2, 0.25) is 0 Å². The van der Waals surface area contributed by atoms with E-state index in [0.717, 1.165) is 37.0 Å². The van der Waals surface area contributed by atoms with Crippen LogP contribution in [-0.4, -0.2) is 16.2 Å². The topological polar surface area (TPSA) is 89.4 Å². The zero-order valence-corrected chi connectivity index (χ0v) is 10.8. The van der Waals surface area contributed by atoms with E-state index in [1.165, 1.54) is 19.3 Å². The van der Waals surface area contributed by atoms with Gasteiger partial charge in [0.1, 0.15) is 11.3 Å². The van der Waals surface area contributed by atoms with Gasteiger partial charge in [-0.15, -0.1) is 0 Å². The quantitative estimate of drug-likeness (QED) is 0.854. The molecule has 0 aliphatic heterocycles. The molecule has 0 aromatic carbocycles. The fraction of sp³-hybridized carbons (Fsp3) is 0.714. The Balaban J connectivity index is 1.82. The third kappa shape index (κ3) is 1.47. The molecule has 4 saturated carbocycles. The molecule has 4 aliphatic rings. The van der Waals surface area contributed by atoms with E-state index in [2.05, 4.69) is 5.16 Å². The molecule has 5 rings (SSSR count). The molecular formula is C14H18N2O3. The molecule has 4 aliphatic carbocycles. The summed E-state index contributed by atoms with van der Waals surface area (Å²) in [4.78, 5) is 11.4. The number of carboxylic acid groups (broad SMARTS) is 1. The van der Waals surface area contributed by atoms with Gasteiger partial charge in [-0.2, -0.15) is 0 Å². The lowest BCUT2D eigenvalue weighted by molar-refractivity contribution is -0.00900. The molecule has 0 spiro atoms. The highest BCUT2D eigenvalue weighted by Crippen LogP contribution is 2.61. The van der Waals surface area contributed by atoms with E-state index in [9.17, 15) is 9.90 Å². The van der Waals surface area contributed by atoms with Gasteiger partial charge in [0.05, 0.1) is 0 Å². The maximum absolute atomic E-state index is 11.4. The van der Waals surface area contributed by atoms with Crippen molar-refractivity contribution in [3.63, 3.8) is 0 Å². The highest BCUT2D eigenvalue weighted by molar-refractivity contribution is 5.93. The second kappa shape index (κ2) is 3.52. The number of carbonyl (C=O) groups is 1. The van der Waals surface area contributed by atoms with Crippen LogP contribution in [0.3, 0.4) is 0 Å². The van der Waals surface area contributed by atoms with Gasteiger partial charge in [0.25, 0.3) is 0 Å². The maximum Gasteiger partial charge on any atom is 0.343 e. The van der Waals surface area contributed by atoms with E-state index in [-0.39, 0.29) is 16.9 Å². The van der Waals surface area contributed by atoms with Crippen LogP contribution >= 0.6 is 0 Å². The SMILES string of the molecule is Nc1onc(C23CC4CC(CC(C4)C2)C3)c1C(=O)O. The summed E-state index contributed by atoms with van der Waals surface area (Å²) in [7, 11) is 0. The predicted molar refractivity (Wildman–Crippen MR) is 67.7 cm³/mol. The van der Waals surface area contributed by atoms with Crippen molar-refractivity contribution in [3.8, 4) is 0 Å². The molecule has 1 heterocycles. The van der Waals surface area contributed by atoms with Gasteiger partial charge < -0.3 is 15.4 Å². The van der Waals surface area contributed by atoms with E-state index >= 15 is 0 Å². The number of rotatable bonds is 2. The van der Waals surface area contributed by atoms with Gasteiger partial charge in [0.2, 0.25) is 5.88 Å². The van der Waals surface area contributed by atoms with E-state index in [4.69, 9.17) is 10.3 Å². The number of aromatic carboxylic acids is 1. The fourth-order valence-corrected chi connectivity index (χ4v) is 5.27. The molecule has 4 bridgehead atoms. The number of nitrogen functional groups attached to an aromatic ring is 1. The first-order valence-corrected chi connectivity index (χ1v) is 7.06. The minimum atomic E-state index is -1.01. The summed E-state index contributed by atoms with van der Waals surface area (Å²) in [6, 6.07) is 0. The monoisotopic (exact) mass is 262 g/mol. The molecule has 0 saturated heterocycles. The van der Waals surface area contributed by atoms with Gasteiger partial charge in [-0.25, -0.2) is 4.79 Å². The molecule has 5 nitrogen and oxygen atoms in total.